The number of benzene rings is 1. The lowest BCUT2D eigenvalue weighted by Crippen LogP contribution is -2.40. The molecular weight excluding hydrogens is 320 g/mol. The van der Waals surface area contributed by atoms with Crippen LogP contribution in [-0.4, -0.2) is 37.0 Å². The van der Waals surface area contributed by atoms with Crippen molar-refractivity contribution in [2.75, 3.05) is 26.2 Å². The van der Waals surface area contributed by atoms with E-state index in [4.69, 9.17) is 10.5 Å². The van der Waals surface area contributed by atoms with Crippen LogP contribution in [0.3, 0.4) is 0 Å². The highest BCUT2D eigenvalue weighted by Crippen LogP contribution is 2.19. The van der Waals surface area contributed by atoms with Gasteiger partial charge in [0.2, 0.25) is 5.91 Å². The maximum Gasteiger partial charge on any atom is 0.220 e. The minimum Gasteiger partial charge on any atom is -0.492 e. The molecule has 1 aliphatic heterocycles. The second-order valence-corrected chi connectivity index (χ2v) is 7.30. The summed E-state index contributed by atoms with van der Waals surface area (Å²) in [6.07, 6.45) is 2.71. The van der Waals surface area contributed by atoms with Gasteiger partial charge in [-0.25, -0.2) is 0 Å². The van der Waals surface area contributed by atoms with Gasteiger partial charge in [0.15, 0.2) is 0 Å². The molecule has 1 aromatic carbocycles. The second kappa shape index (κ2) is 8.31. The number of nitrogens with zero attached hydrogens (tertiary/aromatic N) is 1. The van der Waals surface area contributed by atoms with E-state index in [0.29, 0.717) is 6.61 Å². The average Bonchev–Trinajstić information content (AvgIpc) is 3.10. The third kappa shape index (κ3) is 4.82. The Bertz CT molecular complexity index is 632. The largest absolute Gasteiger partial charge is 0.492 e. The van der Waals surface area contributed by atoms with Gasteiger partial charge in [0.1, 0.15) is 12.4 Å². The molecule has 2 heterocycles. The van der Waals surface area contributed by atoms with Gasteiger partial charge in [-0.2, -0.15) is 0 Å². The van der Waals surface area contributed by atoms with Crippen LogP contribution in [0.1, 0.15) is 23.3 Å². The smallest absolute Gasteiger partial charge is 0.220 e. The lowest BCUT2D eigenvalue weighted by molar-refractivity contribution is -0.123. The molecule has 5 heteroatoms. The summed E-state index contributed by atoms with van der Waals surface area (Å²) in [5.41, 5.74) is 6.67. The van der Waals surface area contributed by atoms with Crippen molar-refractivity contribution >= 4 is 17.2 Å². The summed E-state index contributed by atoms with van der Waals surface area (Å²) < 4.78 is 5.84. The van der Waals surface area contributed by atoms with Gasteiger partial charge in [0.25, 0.3) is 0 Å². The lowest BCUT2D eigenvalue weighted by Gasteiger charge is -2.30. The molecule has 0 atom stereocenters. The van der Waals surface area contributed by atoms with Gasteiger partial charge in [-0.3, -0.25) is 9.69 Å². The SMILES string of the molecule is NC(=O)C1CCN(CCOc2ccc(Cc3cccs3)cc2)CC1. The van der Waals surface area contributed by atoms with Gasteiger partial charge in [0.05, 0.1) is 0 Å². The minimum atomic E-state index is -0.159. The van der Waals surface area contributed by atoms with Gasteiger partial charge in [-0.15, -0.1) is 11.3 Å². The third-order valence-electron chi connectivity index (χ3n) is 4.55. The summed E-state index contributed by atoms with van der Waals surface area (Å²) in [6, 6.07) is 12.6. The molecular formula is C19H24N2O2S. The molecule has 0 unspecified atom stereocenters. The zero-order chi connectivity index (χ0) is 16.8. The second-order valence-electron chi connectivity index (χ2n) is 6.27. The predicted octanol–water partition coefficient (Wildman–Crippen LogP) is 2.92. The predicted molar refractivity (Wildman–Crippen MR) is 97.4 cm³/mol. The Kier molecular flexibility index (Phi) is 5.88. The number of likely N-dealkylation sites (tertiary alicyclic amines) is 1. The number of amides is 1. The van der Waals surface area contributed by atoms with Crippen LogP contribution in [0.25, 0.3) is 0 Å². The maximum atomic E-state index is 11.2. The molecule has 0 radical (unpaired) electrons. The fraction of sp³-hybridized carbons (Fsp3) is 0.421. The van der Waals surface area contributed by atoms with Crippen LogP contribution < -0.4 is 10.5 Å². The molecule has 4 nitrogen and oxygen atoms in total. The number of carbonyl (C=O) groups excluding carboxylic acids is 1. The molecule has 2 N–H and O–H groups in total. The molecule has 2 aromatic rings. The first kappa shape index (κ1) is 17.0. The summed E-state index contributed by atoms with van der Waals surface area (Å²) in [5.74, 6) is 0.809. The molecule has 1 saturated heterocycles. The molecule has 0 bridgehead atoms. The Morgan fingerprint density at radius 2 is 1.96 bits per heavy atom. The van der Waals surface area contributed by atoms with Crippen molar-refractivity contribution in [2.24, 2.45) is 11.7 Å². The topological polar surface area (TPSA) is 55.6 Å². The van der Waals surface area contributed by atoms with E-state index in [-0.39, 0.29) is 11.8 Å². The zero-order valence-electron chi connectivity index (χ0n) is 13.8. The summed E-state index contributed by atoms with van der Waals surface area (Å²) in [7, 11) is 0. The summed E-state index contributed by atoms with van der Waals surface area (Å²) >= 11 is 1.79. The number of nitrogens with two attached hydrogens (primary N) is 1. The summed E-state index contributed by atoms with van der Waals surface area (Å²) in [4.78, 5) is 14.9. The molecule has 24 heavy (non-hydrogen) atoms. The molecule has 0 saturated carbocycles. The quantitative estimate of drug-likeness (QED) is 0.840. The van der Waals surface area contributed by atoms with Crippen molar-refractivity contribution in [3.05, 3.63) is 52.2 Å². The standard InChI is InChI=1S/C19H24N2O2S/c20-19(22)16-7-9-21(10-8-16)11-12-23-17-5-3-15(4-6-17)14-18-2-1-13-24-18/h1-6,13,16H,7-12,14H2,(H2,20,22). The van der Waals surface area contributed by atoms with Crippen LogP contribution in [0.4, 0.5) is 0 Å². The highest BCUT2D eigenvalue weighted by Gasteiger charge is 2.22. The van der Waals surface area contributed by atoms with Crippen molar-refractivity contribution in [2.45, 2.75) is 19.3 Å². The van der Waals surface area contributed by atoms with Gasteiger partial charge in [-0.1, -0.05) is 18.2 Å². The first-order chi connectivity index (χ1) is 11.7. The molecule has 3 rings (SSSR count). The van der Waals surface area contributed by atoms with E-state index in [2.05, 4.69) is 34.5 Å². The Labute approximate surface area is 147 Å². The van der Waals surface area contributed by atoms with E-state index in [1.54, 1.807) is 11.3 Å². The molecule has 1 aliphatic rings. The van der Waals surface area contributed by atoms with Crippen LogP contribution >= 0.6 is 11.3 Å². The number of hydrogen-bond acceptors (Lipinski definition) is 4. The van der Waals surface area contributed by atoms with E-state index in [0.717, 1.165) is 44.6 Å². The lowest BCUT2D eigenvalue weighted by atomic mass is 9.96. The maximum absolute atomic E-state index is 11.2. The Morgan fingerprint density at radius 3 is 2.58 bits per heavy atom. The van der Waals surface area contributed by atoms with Gasteiger partial charge in [0, 0.05) is 23.8 Å². The zero-order valence-corrected chi connectivity index (χ0v) is 14.6. The van der Waals surface area contributed by atoms with Crippen LogP contribution in [-0.2, 0) is 11.2 Å². The van der Waals surface area contributed by atoms with Crippen molar-refractivity contribution in [3.63, 3.8) is 0 Å². The van der Waals surface area contributed by atoms with Crippen molar-refractivity contribution in [1.82, 2.24) is 4.90 Å². The fourth-order valence-corrected chi connectivity index (χ4v) is 3.79. The third-order valence-corrected chi connectivity index (χ3v) is 5.42. The van der Waals surface area contributed by atoms with E-state index >= 15 is 0 Å². The number of carbonyl (C=O) groups is 1. The molecule has 1 fully saturated rings. The van der Waals surface area contributed by atoms with Crippen molar-refractivity contribution in [3.8, 4) is 5.75 Å². The molecule has 0 spiro atoms. The van der Waals surface area contributed by atoms with Crippen LogP contribution in [0.5, 0.6) is 5.75 Å². The van der Waals surface area contributed by atoms with Crippen molar-refractivity contribution < 1.29 is 9.53 Å². The highest BCUT2D eigenvalue weighted by molar-refractivity contribution is 7.09. The monoisotopic (exact) mass is 344 g/mol. The molecule has 0 aliphatic carbocycles. The first-order valence-electron chi connectivity index (χ1n) is 8.46. The number of primary amides is 1. The molecule has 1 aromatic heterocycles. The van der Waals surface area contributed by atoms with Crippen molar-refractivity contribution in [1.29, 1.82) is 0 Å². The Hall–Kier alpha value is -1.85. The fourth-order valence-electron chi connectivity index (χ4n) is 3.05. The minimum absolute atomic E-state index is 0.0538. The summed E-state index contributed by atoms with van der Waals surface area (Å²) in [5, 5.41) is 2.11. The first-order valence-corrected chi connectivity index (χ1v) is 9.34. The van der Waals surface area contributed by atoms with Gasteiger partial charge >= 0.3 is 0 Å². The van der Waals surface area contributed by atoms with Gasteiger partial charge < -0.3 is 10.5 Å². The van der Waals surface area contributed by atoms with E-state index in [1.807, 2.05) is 12.1 Å². The normalized spacial score (nSPS) is 16.2. The number of hydrogen-bond donors (Lipinski definition) is 1. The van der Waals surface area contributed by atoms with Crippen LogP contribution in [0, 0.1) is 5.92 Å². The number of ether oxygens (including phenoxy) is 1. The number of rotatable bonds is 7. The Balaban J connectivity index is 1.38. The molecule has 1 amide bonds. The van der Waals surface area contributed by atoms with Gasteiger partial charge in [-0.05, 0) is 55.1 Å². The van der Waals surface area contributed by atoms with Crippen LogP contribution in [0.15, 0.2) is 41.8 Å². The van der Waals surface area contributed by atoms with E-state index in [1.165, 1.54) is 10.4 Å². The highest BCUT2D eigenvalue weighted by atomic mass is 32.1. The molecule has 128 valence electrons. The van der Waals surface area contributed by atoms with E-state index in [9.17, 15) is 4.79 Å². The van der Waals surface area contributed by atoms with E-state index < -0.39 is 0 Å². The average molecular weight is 344 g/mol. The number of thiophene rings is 1. The summed E-state index contributed by atoms with van der Waals surface area (Å²) in [6.45, 7) is 3.42. The number of piperidine rings is 1. The van der Waals surface area contributed by atoms with Crippen LogP contribution in [0.2, 0.25) is 0 Å². The Morgan fingerprint density at radius 1 is 1.21 bits per heavy atom.